The molecule has 0 aliphatic carbocycles. The van der Waals surface area contributed by atoms with E-state index >= 15 is 0 Å². The van der Waals surface area contributed by atoms with Crippen molar-refractivity contribution < 1.29 is 14.6 Å². The minimum absolute atomic E-state index is 0.327. The Labute approximate surface area is 96.1 Å². The molecule has 0 spiro atoms. The van der Waals surface area contributed by atoms with Crippen LogP contribution in [0.1, 0.15) is 26.3 Å². The molecule has 16 heavy (non-hydrogen) atoms. The van der Waals surface area contributed by atoms with Crippen LogP contribution >= 0.6 is 0 Å². The van der Waals surface area contributed by atoms with Gasteiger partial charge in [0, 0.05) is 0 Å². The number of esters is 1. The van der Waals surface area contributed by atoms with Crippen molar-refractivity contribution in [2.24, 2.45) is 5.92 Å². The van der Waals surface area contributed by atoms with Gasteiger partial charge in [-0.05, 0) is 26.3 Å². The highest BCUT2D eigenvalue weighted by Gasteiger charge is 2.36. The molecule has 1 N–H and O–H groups in total. The maximum Gasteiger partial charge on any atom is 0.311 e. The summed E-state index contributed by atoms with van der Waals surface area (Å²) in [4.78, 5) is 11.6. The summed E-state index contributed by atoms with van der Waals surface area (Å²) in [6.45, 7) is 5.38. The van der Waals surface area contributed by atoms with Gasteiger partial charge in [-0.1, -0.05) is 30.3 Å². The molecule has 3 nitrogen and oxygen atoms in total. The SMILES string of the molecule is CCOC(=O)[C@H](C)[C@](C)(O)c1ccccc1. The van der Waals surface area contributed by atoms with Crippen LogP contribution in [0.25, 0.3) is 0 Å². The van der Waals surface area contributed by atoms with Crippen LogP contribution in [0.2, 0.25) is 0 Å². The van der Waals surface area contributed by atoms with Gasteiger partial charge in [0.15, 0.2) is 0 Å². The van der Waals surface area contributed by atoms with E-state index in [1.165, 1.54) is 0 Å². The molecule has 0 unspecified atom stereocenters. The van der Waals surface area contributed by atoms with Crippen LogP contribution < -0.4 is 0 Å². The summed E-state index contributed by atoms with van der Waals surface area (Å²) in [5, 5.41) is 10.4. The normalized spacial score (nSPS) is 16.2. The van der Waals surface area contributed by atoms with Crippen LogP contribution in [0.3, 0.4) is 0 Å². The summed E-state index contributed by atoms with van der Waals surface area (Å²) >= 11 is 0. The van der Waals surface area contributed by atoms with E-state index in [-0.39, 0.29) is 5.97 Å². The Balaban J connectivity index is 2.89. The van der Waals surface area contributed by atoms with Crippen LogP contribution in [0.4, 0.5) is 0 Å². The Morgan fingerprint density at radius 1 is 1.44 bits per heavy atom. The summed E-state index contributed by atoms with van der Waals surface area (Å²) in [5.41, 5.74) is -0.483. The lowest BCUT2D eigenvalue weighted by molar-refractivity contribution is -0.156. The lowest BCUT2D eigenvalue weighted by atomic mass is 9.84. The summed E-state index contributed by atoms with van der Waals surface area (Å²) < 4.78 is 4.91. The van der Waals surface area contributed by atoms with Crippen molar-refractivity contribution in [3.63, 3.8) is 0 Å². The lowest BCUT2D eigenvalue weighted by Gasteiger charge is -2.29. The molecule has 0 fully saturated rings. The van der Waals surface area contributed by atoms with Gasteiger partial charge in [0.25, 0.3) is 0 Å². The molecule has 1 aromatic carbocycles. The molecule has 0 bridgehead atoms. The van der Waals surface area contributed by atoms with E-state index in [1.54, 1.807) is 32.9 Å². The zero-order chi connectivity index (χ0) is 12.2. The molecule has 0 aromatic heterocycles. The molecule has 0 heterocycles. The van der Waals surface area contributed by atoms with Gasteiger partial charge in [0.2, 0.25) is 0 Å². The van der Waals surface area contributed by atoms with Crippen molar-refractivity contribution in [2.75, 3.05) is 6.61 Å². The summed E-state index contributed by atoms with van der Waals surface area (Å²) in [6.07, 6.45) is 0. The molecule has 88 valence electrons. The highest BCUT2D eigenvalue weighted by molar-refractivity contribution is 5.73. The standard InChI is InChI=1S/C13H18O3/c1-4-16-12(14)10(2)13(3,15)11-8-6-5-7-9-11/h5-10,15H,4H2,1-3H3/t10-,13-/m0/s1. The minimum atomic E-state index is -1.20. The second-order valence-electron chi connectivity index (χ2n) is 3.99. The van der Waals surface area contributed by atoms with Gasteiger partial charge in [0.05, 0.1) is 18.1 Å². The van der Waals surface area contributed by atoms with E-state index in [0.717, 1.165) is 5.56 Å². The predicted octanol–water partition coefficient (Wildman–Crippen LogP) is 2.09. The second kappa shape index (κ2) is 5.12. The van der Waals surface area contributed by atoms with E-state index in [9.17, 15) is 9.90 Å². The van der Waals surface area contributed by atoms with Crippen LogP contribution in [-0.2, 0) is 15.1 Å². The average molecular weight is 222 g/mol. The van der Waals surface area contributed by atoms with Crippen LogP contribution in [0, 0.1) is 5.92 Å². The fraction of sp³-hybridized carbons (Fsp3) is 0.462. The smallest absolute Gasteiger partial charge is 0.311 e. The van der Waals surface area contributed by atoms with Gasteiger partial charge in [0.1, 0.15) is 0 Å². The number of carbonyl (C=O) groups excluding carboxylic acids is 1. The number of hydrogen-bond acceptors (Lipinski definition) is 3. The van der Waals surface area contributed by atoms with E-state index in [2.05, 4.69) is 0 Å². The molecule has 0 aliphatic rings. The van der Waals surface area contributed by atoms with Gasteiger partial charge in [-0.25, -0.2) is 0 Å². The van der Waals surface area contributed by atoms with E-state index in [4.69, 9.17) is 4.74 Å². The Morgan fingerprint density at radius 2 is 2.00 bits per heavy atom. The van der Waals surface area contributed by atoms with Gasteiger partial charge < -0.3 is 9.84 Å². The van der Waals surface area contributed by atoms with E-state index < -0.39 is 11.5 Å². The van der Waals surface area contributed by atoms with Gasteiger partial charge >= 0.3 is 5.97 Å². The topological polar surface area (TPSA) is 46.5 Å². The average Bonchev–Trinajstić information content (AvgIpc) is 2.29. The van der Waals surface area contributed by atoms with Crippen molar-refractivity contribution in [3.8, 4) is 0 Å². The fourth-order valence-electron chi connectivity index (χ4n) is 1.52. The number of carbonyl (C=O) groups is 1. The van der Waals surface area contributed by atoms with Crippen molar-refractivity contribution >= 4 is 5.97 Å². The summed E-state index contributed by atoms with van der Waals surface area (Å²) in [5.74, 6) is -0.966. The number of benzene rings is 1. The minimum Gasteiger partial charge on any atom is -0.466 e. The first-order valence-electron chi connectivity index (χ1n) is 5.44. The number of rotatable bonds is 4. The molecule has 0 saturated heterocycles. The zero-order valence-corrected chi connectivity index (χ0v) is 9.93. The largest absolute Gasteiger partial charge is 0.466 e. The Morgan fingerprint density at radius 3 is 2.50 bits per heavy atom. The summed E-state index contributed by atoms with van der Waals surface area (Å²) in [6, 6.07) is 9.14. The van der Waals surface area contributed by atoms with E-state index in [0.29, 0.717) is 6.61 Å². The predicted molar refractivity (Wildman–Crippen MR) is 61.8 cm³/mol. The Kier molecular flexibility index (Phi) is 4.07. The van der Waals surface area contributed by atoms with Crippen LogP contribution in [-0.4, -0.2) is 17.7 Å². The Bertz CT molecular complexity index is 343. The molecule has 0 radical (unpaired) electrons. The molecule has 0 amide bonds. The Hall–Kier alpha value is -1.35. The lowest BCUT2D eigenvalue weighted by Crippen LogP contribution is -2.36. The van der Waals surface area contributed by atoms with Crippen LogP contribution in [0.5, 0.6) is 0 Å². The van der Waals surface area contributed by atoms with Crippen LogP contribution in [0.15, 0.2) is 30.3 Å². The molecule has 3 heteroatoms. The van der Waals surface area contributed by atoms with Crippen molar-refractivity contribution in [1.29, 1.82) is 0 Å². The third kappa shape index (κ3) is 2.61. The van der Waals surface area contributed by atoms with Gasteiger partial charge in [-0.15, -0.1) is 0 Å². The third-order valence-corrected chi connectivity index (χ3v) is 2.84. The highest BCUT2D eigenvalue weighted by atomic mass is 16.5. The van der Waals surface area contributed by atoms with Crippen molar-refractivity contribution in [3.05, 3.63) is 35.9 Å². The first kappa shape index (κ1) is 12.7. The second-order valence-corrected chi connectivity index (χ2v) is 3.99. The molecule has 2 atom stereocenters. The monoisotopic (exact) mass is 222 g/mol. The summed E-state index contributed by atoms with van der Waals surface area (Å²) in [7, 11) is 0. The van der Waals surface area contributed by atoms with Crippen molar-refractivity contribution in [1.82, 2.24) is 0 Å². The first-order chi connectivity index (χ1) is 7.50. The zero-order valence-electron chi connectivity index (χ0n) is 9.93. The number of aliphatic hydroxyl groups is 1. The molecule has 1 rings (SSSR count). The third-order valence-electron chi connectivity index (χ3n) is 2.84. The van der Waals surface area contributed by atoms with E-state index in [1.807, 2.05) is 18.2 Å². The molecular formula is C13H18O3. The van der Waals surface area contributed by atoms with Gasteiger partial charge in [-0.3, -0.25) is 4.79 Å². The van der Waals surface area contributed by atoms with Crippen molar-refractivity contribution in [2.45, 2.75) is 26.4 Å². The molecule has 0 saturated carbocycles. The molecule has 1 aromatic rings. The molecular weight excluding hydrogens is 204 g/mol. The quantitative estimate of drug-likeness (QED) is 0.793. The fourth-order valence-corrected chi connectivity index (χ4v) is 1.52. The highest BCUT2D eigenvalue weighted by Crippen LogP contribution is 2.29. The maximum absolute atomic E-state index is 11.6. The number of hydrogen-bond donors (Lipinski definition) is 1. The molecule has 0 aliphatic heterocycles. The maximum atomic E-state index is 11.6. The first-order valence-corrected chi connectivity index (χ1v) is 5.44. The number of ether oxygens (including phenoxy) is 1. The van der Waals surface area contributed by atoms with Gasteiger partial charge in [-0.2, -0.15) is 0 Å².